The van der Waals surface area contributed by atoms with Crippen LogP contribution in [0, 0.1) is 6.92 Å². The normalized spacial score (nSPS) is 22.3. The summed E-state index contributed by atoms with van der Waals surface area (Å²) < 4.78 is 5.19. The Morgan fingerprint density at radius 3 is 2.76 bits per heavy atom. The zero-order chi connectivity index (χ0) is 15.0. The first-order valence-corrected chi connectivity index (χ1v) is 7.37. The lowest BCUT2D eigenvalue weighted by Gasteiger charge is -2.43. The molecular formula is C16H20N2O3. The van der Waals surface area contributed by atoms with Gasteiger partial charge in [0.25, 0.3) is 0 Å². The number of ether oxygens (including phenoxy) is 1. The van der Waals surface area contributed by atoms with Gasteiger partial charge in [0.2, 0.25) is 11.8 Å². The molecule has 2 fully saturated rings. The summed E-state index contributed by atoms with van der Waals surface area (Å²) in [6.07, 6.45) is 2.78. The summed E-state index contributed by atoms with van der Waals surface area (Å²) in [5, 5.41) is 0. The van der Waals surface area contributed by atoms with E-state index in [0.717, 1.165) is 36.3 Å². The Balaban J connectivity index is 1.92. The number of anilines is 1. The van der Waals surface area contributed by atoms with Crippen molar-refractivity contribution < 1.29 is 14.3 Å². The fourth-order valence-corrected chi connectivity index (χ4v) is 3.23. The van der Waals surface area contributed by atoms with Gasteiger partial charge < -0.3 is 14.5 Å². The van der Waals surface area contributed by atoms with Gasteiger partial charge >= 0.3 is 0 Å². The Morgan fingerprint density at radius 1 is 1.24 bits per heavy atom. The second-order valence-corrected chi connectivity index (χ2v) is 5.68. The fourth-order valence-electron chi connectivity index (χ4n) is 3.23. The fraction of sp³-hybridized carbons (Fsp3) is 0.500. The minimum Gasteiger partial charge on any atom is -0.497 e. The van der Waals surface area contributed by atoms with Crippen molar-refractivity contribution in [3.8, 4) is 5.75 Å². The van der Waals surface area contributed by atoms with Crippen molar-refractivity contribution in [2.75, 3.05) is 25.1 Å². The number of carbonyl (C=O) groups is 2. The second-order valence-electron chi connectivity index (χ2n) is 5.68. The van der Waals surface area contributed by atoms with Gasteiger partial charge in [-0.3, -0.25) is 9.59 Å². The lowest BCUT2D eigenvalue weighted by Crippen LogP contribution is -2.61. The molecular weight excluding hydrogens is 268 g/mol. The minimum atomic E-state index is -0.276. The highest BCUT2D eigenvalue weighted by molar-refractivity contribution is 6.07. The summed E-state index contributed by atoms with van der Waals surface area (Å²) >= 11 is 0. The first kappa shape index (κ1) is 13.9. The van der Waals surface area contributed by atoms with Crippen molar-refractivity contribution in [3.63, 3.8) is 0 Å². The van der Waals surface area contributed by atoms with Crippen molar-refractivity contribution in [2.24, 2.45) is 0 Å². The second kappa shape index (κ2) is 5.39. The molecule has 0 bridgehead atoms. The summed E-state index contributed by atoms with van der Waals surface area (Å²) in [4.78, 5) is 28.4. The molecule has 1 unspecified atom stereocenters. The van der Waals surface area contributed by atoms with Gasteiger partial charge in [-0.1, -0.05) is 0 Å². The third kappa shape index (κ3) is 2.37. The molecule has 5 heteroatoms. The van der Waals surface area contributed by atoms with Crippen LogP contribution >= 0.6 is 0 Å². The first-order chi connectivity index (χ1) is 10.1. The number of fused-ring (bicyclic) bond motifs is 1. The van der Waals surface area contributed by atoms with Gasteiger partial charge in [-0.05, 0) is 49.9 Å². The number of aryl methyl sites for hydroxylation is 1. The van der Waals surface area contributed by atoms with E-state index in [9.17, 15) is 9.59 Å². The largest absolute Gasteiger partial charge is 0.497 e. The molecule has 21 heavy (non-hydrogen) atoms. The zero-order valence-corrected chi connectivity index (χ0v) is 12.5. The number of benzene rings is 1. The summed E-state index contributed by atoms with van der Waals surface area (Å²) in [6, 6.07) is 5.30. The van der Waals surface area contributed by atoms with Crippen LogP contribution in [-0.2, 0) is 9.59 Å². The number of nitrogens with zero attached hydrogens (tertiary/aromatic N) is 2. The predicted octanol–water partition coefficient (Wildman–Crippen LogP) is 1.73. The summed E-state index contributed by atoms with van der Waals surface area (Å²) in [6.45, 7) is 2.79. The van der Waals surface area contributed by atoms with Crippen LogP contribution in [0.5, 0.6) is 5.75 Å². The summed E-state index contributed by atoms with van der Waals surface area (Å²) in [7, 11) is 1.62. The van der Waals surface area contributed by atoms with E-state index >= 15 is 0 Å². The van der Waals surface area contributed by atoms with Crippen LogP contribution < -0.4 is 9.64 Å². The van der Waals surface area contributed by atoms with Crippen molar-refractivity contribution in [1.82, 2.24) is 4.90 Å². The lowest BCUT2D eigenvalue weighted by molar-refractivity contribution is -0.144. The van der Waals surface area contributed by atoms with Gasteiger partial charge in [-0.25, -0.2) is 0 Å². The molecule has 0 radical (unpaired) electrons. The van der Waals surface area contributed by atoms with Crippen LogP contribution in [0.3, 0.4) is 0 Å². The molecule has 0 spiro atoms. The number of hydrogen-bond donors (Lipinski definition) is 0. The molecule has 2 aliphatic heterocycles. The lowest BCUT2D eigenvalue weighted by atomic mass is 9.97. The SMILES string of the molecule is COc1ccc(N2CC(=O)N3CCCCC3C2=O)c(C)c1. The quantitative estimate of drug-likeness (QED) is 0.833. The van der Waals surface area contributed by atoms with Crippen LogP contribution in [0.4, 0.5) is 5.69 Å². The highest BCUT2D eigenvalue weighted by atomic mass is 16.5. The van der Waals surface area contributed by atoms with Gasteiger partial charge in [0.1, 0.15) is 18.3 Å². The molecule has 3 rings (SSSR count). The molecule has 1 aromatic rings. The maximum absolute atomic E-state index is 12.7. The molecule has 0 N–H and O–H groups in total. The van der Waals surface area contributed by atoms with E-state index in [1.54, 1.807) is 16.9 Å². The molecule has 0 aliphatic carbocycles. The third-order valence-electron chi connectivity index (χ3n) is 4.36. The van der Waals surface area contributed by atoms with E-state index in [1.165, 1.54) is 0 Å². The molecule has 1 atom stereocenters. The molecule has 2 heterocycles. The first-order valence-electron chi connectivity index (χ1n) is 7.37. The van der Waals surface area contributed by atoms with Crippen LogP contribution in [-0.4, -0.2) is 43.0 Å². The highest BCUT2D eigenvalue weighted by Gasteiger charge is 2.41. The van der Waals surface area contributed by atoms with Gasteiger partial charge in [0.15, 0.2) is 0 Å². The third-order valence-corrected chi connectivity index (χ3v) is 4.36. The summed E-state index contributed by atoms with van der Waals surface area (Å²) in [5.74, 6) is 0.850. The van der Waals surface area contributed by atoms with E-state index in [4.69, 9.17) is 4.74 Å². The molecule has 0 saturated carbocycles. The Labute approximate surface area is 124 Å². The van der Waals surface area contributed by atoms with Crippen molar-refractivity contribution in [1.29, 1.82) is 0 Å². The minimum absolute atomic E-state index is 0.0440. The maximum Gasteiger partial charge on any atom is 0.250 e. The van der Waals surface area contributed by atoms with E-state index in [2.05, 4.69) is 0 Å². The average Bonchev–Trinajstić information content (AvgIpc) is 2.51. The molecule has 2 saturated heterocycles. The number of methoxy groups -OCH3 is 1. The number of rotatable bonds is 2. The highest BCUT2D eigenvalue weighted by Crippen LogP contribution is 2.30. The van der Waals surface area contributed by atoms with E-state index in [1.807, 2.05) is 25.1 Å². The average molecular weight is 288 g/mol. The van der Waals surface area contributed by atoms with Crippen LogP contribution in [0.1, 0.15) is 24.8 Å². The standard InChI is InChI=1S/C16H20N2O3/c1-11-9-12(21-2)6-7-13(11)18-10-15(19)17-8-4-3-5-14(17)16(18)20/h6-7,9,14H,3-5,8,10H2,1-2H3. The molecule has 2 amide bonds. The topological polar surface area (TPSA) is 49.9 Å². The van der Waals surface area contributed by atoms with Crippen LogP contribution in [0.25, 0.3) is 0 Å². The molecule has 2 aliphatic rings. The maximum atomic E-state index is 12.7. The van der Waals surface area contributed by atoms with E-state index in [0.29, 0.717) is 6.54 Å². The number of carbonyl (C=O) groups excluding carboxylic acids is 2. The molecule has 1 aromatic carbocycles. The van der Waals surface area contributed by atoms with Crippen molar-refractivity contribution in [3.05, 3.63) is 23.8 Å². The van der Waals surface area contributed by atoms with Gasteiger partial charge in [0, 0.05) is 12.2 Å². The smallest absolute Gasteiger partial charge is 0.250 e. The Kier molecular flexibility index (Phi) is 3.57. The predicted molar refractivity (Wildman–Crippen MR) is 79.4 cm³/mol. The van der Waals surface area contributed by atoms with Gasteiger partial charge in [-0.15, -0.1) is 0 Å². The van der Waals surface area contributed by atoms with Crippen LogP contribution in [0.2, 0.25) is 0 Å². The van der Waals surface area contributed by atoms with Gasteiger partial charge in [-0.2, -0.15) is 0 Å². The molecule has 0 aromatic heterocycles. The molecule has 112 valence electrons. The Morgan fingerprint density at radius 2 is 2.05 bits per heavy atom. The van der Waals surface area contributed by atoms with Crippen molar-refractivity contribution in [2.45, 2.75) is 32.2 Å². The van der Waals surface area contributed by atoms with Crippen molar-refractivity contribution >= 4 is 17.5 Å². The number of piperazine rings is 1. The monoisotopic (exact) mass is 288 g/mol. The van der Waals surface area contributed by atoms with E-state index in [-0.39, 0.29) is 24.4 Å². The molecule has 5 nitrogen and oxygen atoms in total. The summed E-state index contributed by atoms with van der Waals surface area (Å²) in [5.41, 5.74) is 1.75. The number of piperidine rings is 1. The van der Waals surface area contributed by atoms with E-state index < -0.39 is 0 Å². The number of amides is 2. The zero-order valence-electron chi connectivity index (χ0n) is 12.5. The van der Waals surface area contributed by atoms with Crippen LogP contribution in [0.15, 0.2) is 18.2 Å². The Bertz CT molecular complexity index is 585. The number of hydrogen-bond acceptors (Lipinski definition) is 3. The van der Waals surface area contributed by atoms with Gasteiger partial charge in [0.05, 0.1) is 7.11 Å². The Hall–Kier alpha value is -2.04.